The van der Waals surface area contributed by atoms with E-state index in [4.69, 9.17) is 4.74 Å². The van der Waals surface area contributed by atoms with Crippen LogP contribution in [0.4, 0.5) is 0 Å². The van der Waals surface area contributed by atoms with Crippen LogP contribution in [0.25, 0.3) is 0 Å². The molecule has 0 radical (unpaired) electrons. The number of rotatable bonds is 1. The van der Waals surface area contributed by atoms with Crippen molar-refractivity contribution in [3.05, 3.63) is 17.0 Å². The van der Waals surface area contributed by atoms with Gasteiger partial charge in [0.1, 0.15) is 0 Å². The third-order valence-corrected chi connectivity index (χ3v) is 3.19. The van der Waals surface area contributed by atoms with Crippen LogP contribution in [-0.2, 0) is 29.4 Å². The number of aryl methyl sites for hydroxylation is 2. The minimum absolute atomic E-state index is 0.0114. The second-order valence-corrected chi connectivity index (χ2v) is 4.10. The Hall–Kier alpha value is -1.32. The lowest BCUT2D eigenvalue weighted by Gasteiger charge is -2.20. The molecule has 1 heterocycles. The van der Waals surface area contributed by atoms with Gasteiger partial charge in [0, 0.05) is 19.2 Å². The molecule has 0 bridgehead atoms. The molecule has 4 nitrogen and oxygen atoms in total. The van der Waals surface area contributed by atoms with Crippen molar-refractivity contribution in [2.45, 2.75) is 26.2 Å². The molecule has 0 saturated heterocycles. The Morgan fingerprint density at radius 3 is 3.00 bits per heavy atom. The smallest absolute Gasteiger partial charge is 0.309 e. The Kier molecular flexibility index (Phi) is 2.50. The molecule has 0 saturated carbocycles. The third kappa shape index (κ3) is 1.64. The minimum Gasteiger partial charge on any atom is -0.469 e. The molecule has 4 heteroatoms. The first kappa shape index (κ1) is 10.2. The first-order chi connectivity index (χ1) is 7.13. The first-order valence-electron chi connectivity index (χ1n) is 5.22. The highest BCUT2D eigenvalue weighted by molar-refractivity contribution is 5.73. The highest BCUT2D eigenvalue weighted by Crippen LogP contribution is 2.27. The summed E-state index contributed by atoms with van der Waals surface area (Å²) in [5, 5.41) is 4.38. The van der Waals surface area contributed by atoms with Gasteiger partial charge in [0.25, 0.3) is 0 Å². The van der Waals surface area contributed by atoms with Crippen molar-refractivity contribution in [3.63, 3.8) is 0 Å². The Labute approximate surface area is 89.2 Å². The zero-order valence-electron chi connectivity index (χ0n) is 9.41. The van der Waals surface area contributed by atoms with E-state index < -0.39 is 0 Å². The third-order valence-electron chi connectivity index (χ3n) is 3.19. The maximum Gasteiger partial charge on any atom is 0.309 e. The van der Waals surface area contributed by atoms with Crippen LogP contribution in [0.3, 0.4) is 0 Å². The number of fused-ring (bicyclic) bond motifs is 1. The maximum absolute atomic E-state index is 11.4. The van der Waals surface area contributed by atoms with Crippen molar-refractivity contribution in [1.82, 2.24) is 9.78 Å². The summed E-state index contributed by atoms with van der Waals surface area (Å²) in [6.07, 6.45) is 2.58. The van der Waals surface area contributed by atoms with E-state index in [1.54, 1.807) is 0 Å². The van der Waals surface area contributed by atoms with E-state index in [-0.39, 0.29) is 11.9 Å². The average molecular weight is 208 g/mol. The molecule has 2 rings (SSSR count). The van der Waals surface area contributed by atoms with Crippen LogP contribution in [-0.4, -0.2) is 22.9 Å². The summed E-state index contributed by atoms with van der Waals surface area (Å²) in [5.41, 5.74) is 3.60. The monoisotopic (exact) mass is 208 g/mol. The predicted octanol–water partition coefficient (Wildman–Crippen LogP) is 1.01. The number of aromatic nitrogens is 2. The number of hydrogen-bond donors (Lipinski definition) is 0. The van der Waals surface area contributed by atoms with Gasteiger partial charge in [-0.15, -0.1) is 0 Å². The van der Waals surface area contributed by atoms with E-state index in [9.17, 15) is 4.79 Å². The van der Waals surface area contributed by atoms with Crippen LogP contribution in [0.15, 0.2) is 0 Å². The van der Waals surface area contributed by atoms with E-state index in [0.717, 1.165) is 25.0 Å². The zero-order valence-corrected chi connectivity index (χ0v) is 9.41. The highest BCUT2D eigenvalue weighted by Gasteiger charge is 2.28. The second-order valence-electron chi connectivity index (χ2n) is 4.10. The summed E-state index contributed by atoms with van der Waals surface area (Å²) in [4.78, 5) is 11.4. The van der Waals surface area contributed by atoms with Gasteiger partial charge in [-0.25, -0.2) is 0 Å². The van der Waals surface area contributed by atoms with Crippen molar-refractivity contribution in [2.75, 3.05) is 7.11 Å². The Morgan fingerprint density at radius 2 is 2.33 bits per heavy atom. The molecular weight excluding hydrogens is 192 g/mol. The predicted molar refractivity (Wildman–Crippen MR) is 55.5 cm³/mol. The lowest BCUT2D eigenvalue weighted by molar-refractivity contribution is -0.145. The maximum atomic E-state index is 11.4. The van der Waals surface area contributed by atoms with Gasteiger partial charge in [-0.05, 0) is 25.3 Å². The molecule has 0 fully saturated rings. The van der Waals surface area contributed by atoms with Crippen molar-refractivity contribution in [2.24, 2.45) is 13.0 Å². The summed E-state index contributed by atoms with van der Waals surface area (Å²) in [6, 6.07) is 0. The standard InChI is InChI=1S/C11H16N2O2/c1-7-9-5-4-8(11(14)15-3)6-10(9)13(2)12-7/h8H,4-6H2,1-3H3. The van der Waals surface area contributed by atoms with Crippen molar-refractivity contribution in [3.8, 4) is 0 Å². The molecule has 0 N–H and O–H groups in total. The number of hydrogen-bond acceptors (Lipinski definition) is 3. The molecule has 15 heavy (non-hydrogen) atoms. The summed E-state index contributed by atoms with van der Waals surface area (Å²) >= 11 is 0. The van der Waals surface area contributed by atoms with Crippen LogP contribution in [0.2, 0.25) is 0 Å². The van der Waals surface area contributed by atoms with Crippen molar-refractivity contribution >= 4 is 5.97 Å². The molecule has 0 spiro atoms. The molecule has 1 atom stereocenters. The molecule has 1 aromatic rings. The molecule has 1 aliphatic rings. The van der Waals surface area contributed by atoms with E-state index in [0.29, 0.717) is 0 Å². The van der Waals surface area contributed by atoms with E-state index in [1.807, 2.05) is 18.7 Å². The van der Waals surface area contributed by atoms with Crippen LogP contribution in [0.1, 0.15) is 23.4 Å². The fourth-order valence-electron chi connectivity index (χ4n) is 2.35. The molecule has 82 valence electrons. The van der Waals surface area contributed by atoms with Crippen LogP contribution < -0.4 is 0 Å². The normalized spacial score (nSPS) is 19.8. The topological polar surface area (TPSA) is 44.1 Å². The molecule has 1 aliphatic carbocycles. The number of carbonyl (C=O) groups is 1. The summed E-state index contributed by atoms with van der Waals surface area (Å²) < 4.78 is 6.67. The number of esters is 1. The largest absolute Gasteiger partial charge is 0.469 e. The first-order valence-corrected chi connectivity index (χ1v) is 5.22. The number of carbonyl (C=O) groups excluding carboxylic acids is 1. The quantitative estimate of drug-likeness (QED) is 0.647. The summed E-state index contributed by atoms with van der Waals surface area (Å²) in [7, 11) is 3.39. The van der Waals surface area contributed by atoms with Crippen LogP contribution >= 0.6 is 0 Å². The van der Waals surface area contributed by atoms with Gasteiger partial charge in [-0.2, -0.15) is 5.10 Å². The Bertz CT molecular complexity index is 396. The number of methoxy groups -OCH3 is 1. The lowest BCUT2D eigenvalue weighted by Crippen LogP contribution is -2.24. The van der Waals surface area contributed by atoms with E-state index >= 15 is 0 Å². The van der Waals surface area contributed by atoms with E-state index in [2.05, 4.69) is 5.10 Å². The van der Waals surface area contributed by atoms with E-state index in [1.165, 1.54) is 18.4 Å². The van der Waals surface area contributed by atoms with Gasteiger partial charge in [0.2, 0.25) is 0 Å². The molecule has 0 aromatic carbocycles. The summed E-state index contributed by atoms with van der Waals surface area (Å²) in [5.74, 6) is -0.0863. The van der Waals surface area contributed by atoms with Gasteiger partial charge in [0.05, 0.1) is 18.7 Å². The van der Waals surface area contributed by atoms with Gasteiger partial charge in [-0.3, -0.25) is 9.48 Å². The molecule has 0 aliphatic heterocycles. The number of nitrogens with zero attached hydrogens (tertiary/aromatic N) is 2. The zero-order chi connectivity index (χ0) is 11.0. The van der Waals surface area contributed by atoms with Gasteiger partial charge >= 0.3 is 5.97 Å². The lowest BCUT2D eigenvalue weighted by atomic mass is 9.87. The number of ether oxygens (including phenoxy) is 1. The van der Waals surface area contributed by atoms with Crippen molar-refractivity contribution in [1.29, 1.82) is 0 Å². The summed E-state index contributed by atoms with van der Waals surface area (Å²) in [6.45, 7) is 2.03. The van der Waals surface area contributed by atoms with Crippen molar-refractivity contribution < 1.29 is 9.53 Å². The fraction of sp³-hybridized carbons (Fsp3) is 0.636. The minimum atomic E-state index is -0.0977. The van der Waals surface area contributed by atoms with Crippen LogP contribution in [0.5, 0.6) is 0 Å². The van der Waals surface area contributed by atoms with Gasteiger partial charge in [-0.1, -0.05) is 0 Å². The molecular formula is C11H16N2O2. The van der Waals surface area contributed by atoms with Crippen LogP contribution in [0, 0.1) is 12.8 Å². The van der Waals surface area contributed by atoms with Gasteiger partial charge in [0.15, 0.2) is 0 Å². The fourth-order valence-corrected chi connectivity index (χ4v) is 2.35. The van der Waals surface area contributed by atoms with Gasteiger partial charge < -0.3 is 4.74 Å². The Morgan fingerprint density at radius 1 is 1.60 bits per heavy atom. The molecule has 1 aromatic heterocycles. The molecule has 0 amide bonds. The SMILES string of the molecule is COC(=O)C1CCc2c(C)nn(C)c2C1. The molecule has 1 unspecified atom stereocenters. The Balaban J connectivity index is 2.26. The second kappa shape index (κ2) is 3.68. The highest BCUT2D eigenvalue weighted by atomic mass is 16.5. The average Bonchev–Trinajstić information content (AvgIpc) is 2.53.